The van der Waals surface area contributed by atoms with Gasteiger partial charge in [0.15, 0.2) is 5.43 Å². The molecule has 36 heavy (non-hydrogen) atoms. The Labute approximate surface area is 207 Å². The third-order valence-electron chi connectivity index (χ3n) is 6.18. The monoisotopic (exact) mass is 502 g/mol. The summed E-state index contributed by atoms with van der Waals surface area (Å²) in [5.41, 5.74) is 3.59. The Kier molecular flexibility index (Phi) is 5.61. The summed E-state index contributed by atoms with van der Waals surface area (Å²) in [6, 6.07) is 14.6. The molecule has 0 aliphatic carbocycles. The third kappa shape index (κ3) is 3.82. The van der Waals surface area contributed by atoms with Crippen molar-refractivity contribution in [1.82, 2.24) is 9.55 Å². The van der Waals surface area contributed by atoms with Crippen molar-refractivity contribution in [1.29, 1.82) is 0 Å². The number of pyridine rings is 1. The van der Waals surface area contributed by atoms with E-state index in [9.17, 15) is 17.1 Å². The van der Waals surface area contributed by atoms with Gasteiger partial charge in [0.25, 0.3) is 0 Å². The first kappa shape index (κ1) is 23.6. The van der Waals surface area contributed by atoms with Gasteiger partial charge < -0.3 is 14.3 Å². The molecule has 0 saturated heterocycles. The molecule has 3 aromatic carbocycles. The molecule has 1 N–H and O–H groups in total. The zero-order valence-electron chi connectivity index (χ0n) is 19.9. The predicted octanol–water partition coefficient (Wildman–Crippen LogP) is 5.75. The minimum Gasteiger partial charge on any atom is -0.490 e. The largest absolute Gasteiger partial charge is 0.490 e. The number of nitrogens with zero attached hydrogens (tertiary/aromatic N) is 1. The number of nitrogens with one attached hydrogen (secondary N) is 1. The van der Waals surface area contributed by atoms with E-state index in [-0.39, 0.29) is 11.5 Å². The molecule has 5 aromatic rings. The molecule has 0 fully saturated rings. The molecule has 0 saturated carbocycles. The van der Waals surface area contributed by atoms with Crippen molar-refractivity contribution in [3.63, 3.8) is 0 Å². The van der Waals surface area contributed by atoms with Crippen LogP contribution in [0.3, 0.4) is 0 Å². The van der Waals surface area contributed by atoms with Gasteiger partial charge in [-0.15, -0.1) is 10.3 Å². The molecule has 0 bridgehead atoms. The molecular weight excluding hydrogens is 479 g/mol. The summed E-state index contributed by atoms with van der Waals surface area (Å²) in [7, 11) is -4.90. The topological polar surface area (TPSA) is 81.2 Å². The first-order chi connectivity index (χ1) is 17.1. The number of ether oxygens (including phenoxy) is 1. The van der Waals surface area contributed by atoms with Gasteiger partial charge in [-0.1, -0.05) is 24.1 Å². The highest BCUT2D eigenvalue weighted by Gasteiger charge is 2.20. The van der Waals surface area contributed by atoms with Gasteiger partial charge >= 0.3 is 10.2 Å². The maximum atomic E-state index is 13.8. The van der Waals surface area contributed by atoms with Crippen molar-refractivity contribution in [2.45, 2.75) is 38.3 Å². The van der Waals surface area contributed by atoms with E-state index in [1.807, 2.05) is 37.5 Å². The lowest BCUT2D eigenvalue weighted by molar-refractivity contribution is 0.244. The Morgan fingerprint density at radius 2 is 1.89 bits per heavy atom. The van der Waals surface area contributed by atoms with Crippen LogP contribution in [0.2, 0.25) is 0 Å². The van der Waals surface area contributed by atoms with Crippen LogP contribution >= 0.6 is 0 Å². The van der Waals surface area contributed by atoms with Crippen molar-refractivity contribution < 1.29 is 17.0 Å². The van der Waals surface area contributed by atoms with E-state index in [4.69, 9.17) is 11.2 Å². The quantitative estimate of drug-likeness (QED) is 0.245. The SMILES string of the molecule is C#Cc1ccc2c(c1)[nH]c1c2c(=O)c2cc(OC(C)C)c(-c3cccc(S(=O)(=O)F)c3)cc2n1CC. The highest BCUT2D eigenvalue weighted by molar-refractivity contribution is 7.86. The maximum Gasteiger partial charge on any atom is 0.332 e. The van der Waals surface area contributed by atoms with E-state index in [0.717, 1.165) is 10.9 Å². The van der Waals surface area contributed by atoms with Crippen LogP contribution in [-0.2, 0) is 16.8 Å². The van der Waals surface area contributed by atoms with Crippen LogP contribution in [-0.4, -0.2) is 24.1 Å². The number of terminal acetylenes is 1. The minimum absolute atomic E-state index is 0.162. The van der Waals surface area contributed by atoms with Gasteiger partial charge in [0.1, 0.15) is 11.4 Å². The molecule has 182 valence electrons. The van der Waals surface area contributed by atoms with Crippen molar-refractivity contribution in [3.05, 3.63) is 70.4 Å². The summed E-state index contributed by atoms with van der Waals surface area (Å²) in [5, 5.41) is 1.78. The molecule has 2 heterocycles. The van der Waals surface area contributed by atoms with Crippen molar-refractivity contribution in [2.24, 2.45) is 0 Å². The summed E-state index contributed by atoms with van der Waals surface area (Å²) < 4.78 is 44.9. The number of hydrogen-bond donors (Lipinski definition) is 1. The Hall–Kier alpha value is -4.09. The van der Waals surface area contributed by atoms with Crippen molar-refractivity contribution in [2.75, 3.05) is 0 Å². The van der Waals surface area contributed by atoms with Crippen LogP contribution in [0.15, 0.2) is 64.3 Å². The summed E-state index contributed by atoms with van der Waals surface area (Å²) in [6.07, 6.45) is 5.34. The second-order valence-corrected chi connectivity index (χ2v) is 10.2. The van der Waals surface area contributed by atoms with Crippen molar-refractivity contribution >= 4 is 43.1 Å². The van der Waals surface area contributed by atoms with Gasteiger partial charge in [-0.05, 0) is 62.7 Å². The predicted molar refractivity (Wildman–Crippen MR) is 141 cm³/mol. The van der Waals surface area contributed by atoms with Crippen LogP contribution in [0.1, 0.15) is 26.3 Å². The number of aryl methyl sites for hydroxylation is 1. The lowest BCUT2D eigenvalue weighted by Gasteiger charge is -2.18. The number of hydrogen-bond acceptors (Lipinski definition) is 4. The van der Waals surface area contributed by atoms with Gasteiger partial charge in [-0.25, -0.2) is 0 Å². The second-order valence-electron chi connectivity index (χ2n) is 8.82. The Balaban J connectivity index is 1.91. The second kappa shape index (κ2) is 8.54. The minimum atomic E-state index is -4.90. The van der Waals surface area contributed by atoms with E-state index >= 15 is 0 Å². The first-order valence-corrected chi connectivity index (χ1v) is 12.8. The molecule has 0 atom stereocenters. The van der Waals surface area contributed by atoms with Crippen LogP contribution in [0.5, 0.6) is 5.75 Å². The molecule has 0 radical (unpaired) electrons. The fourth-order valence-corrected chi connectivity index (χ4v) is 5.16. The fourth-order valence-electron chi connectivity index (χ4n) is 4.65. The number of benzene rings is 3. The summed E-state index contributed by atoms with van der Waals surface area (Å²) in [4.78, 5) is 16.7. The van der Waals surface area contributed by atoms with Crippen LogP contribution in [0, 0.1) is 12.3 Å². The zero-order chi connectivity index (χ0) is 25.8. The van der Waals surface area contributed by atoms with Gasteiger partial charge in [0.2, 0.25) is 0 Å². The number of H-pyrrole nitrogens is 1. The van der Waals surface area contributed by atoms with E-state index in [2.05, 4.69) is 10.9 Å². The summed E-state index contributed by atoms with van der Waals surface area (Å²) in [6.45, 7) is 6.22. The molecule has 6 nitrogen and oxygen atoms in total. The molecule has 0 unspecified atom stereocenters. The standard InChI is InChI=1S/C28H23FN2O4S/c1-5-17-10-11-20-23(12-17)30-28-26(20)27(32)22-15-25(35-16(3)4)21(14-24(22)31(28)6-2)18-8-7-9-19(13-18)36(29,33)34/h1,7-16,30H,6H2,2-4H3. The molecule has 8 heteroatoms. The van der Waals surface area contributed by atoms with Gasteiger partial charge in [0.05, 0.1) is 27.3 Å². The first-order valence-electron chi connectivity index (χ1n) is 11.5. The zero-order valence-corrected chi connectivity index (χ0v) is 20.7. The Morgan fingerprint density at radius 3 is 2.56 bits per heavy atom. The van der Waals surface area contributed by atoms with E-state index in [1.54, 1.807) is 24.3 Å². The molecule has 0 aliphatic rings. The van der Waals surface area contributed by atoms with Crippen molar-refractivity contribution in [3.8, 4) is 29.2 Å². The Morgan fingerprint density at radius 1 is 1.11 bits per heavy atom. The van der Waals surface area contributed by atoms with E-state index in [1.165, 1.54) is 18.2 Å². The lowest BCUT2D eigenvalue weighted by atomic mass is 10.0. The summed E-state index contributed by atoms with van der Waals surface area (Å²) >= 11 is 0. The Bertz CT molecular complexity index is 1890. The number of rotatable bonds is 5. The van der Waals surface area contributed by atoms with Gasteiger partial charge in [0, 0.05) is 28.6 Å². The smallest absolute Gasteiger partial charge is 0.332 e. The highest BCUT2D eigenvalue weighted by atomic mass is 32.3. The van der Waals surface area contributed by atoms with E-state index in [0.29, 0.717) is 50.9 Å². The molecule has 5 rings (SSSR count). The lowest BCUT2D eigenvalue weighted by Crippen LogP contribution is -2.12. The molecular formula is C28H23FN2O4S. The molecule has 0 spiro atoms. The number of aromatic amines is 1. The van der Waals surface area contributed by atoms with Crippen LogP contribution in [0.25, 0.3) is 44.0 Å². The molecule has 2 aromatic heterocycles. The fraction of sp³-hybridized carbons (Fsp3) is 0.179. The number of fused-ring (bicyclic) bond motifs is 4. The van der Waals surface area contributed by atoms with Gasteiger partial charge in [-0.3, -0.25) is 4.79 Å². The average Bonchev–Trinajstić information content (AvgIpc) is 3.22. The molecule has 0 amide bonds. The number of aromatic nitrogens is 2. The van der Waals surface area contributed by atoms with Crippen LogP contribution < -0.4 is 10.2 Å². The van der Waals surface area contributed by atoms with E-state index < -0.39 is 15.1 Å². The molecule has 0 aliphatic heterocycles. The van der Waals surface area contributed by atoms with Gasteiger partial charge in [-0.2, -0.15) is 8.42 Å². The normalized spacial score (nSPS) is 12.0. The van der Waals surface area contributed by atoms with Crippen LogP contribution in [0.4, 0.5) is 3.89 Å². The number of halogens is 1. The maximum absolute atomic E-state index is 13.8. The third-order valence-corrected chi connectivity index (χ3v) is 7.00. The average molecular weight is 503 g/mol. The highest BCUT2D eigenvalue weighted by Crippen LogP contribution is 2.37. The summed E-state index contributed by atoms with van der Waals surface area (Å²) in [5.74, 6) is 3.02.